The third-order valence-corrected chi connectivity index (χ3v) is 6.58. The predicted molar refractivity (Wildman–Crippen MR) is 119 cm³/mol. The number of carbonyl (C=O) groups is 1. The Labute approximate surface area is 179 Å². The number of aliphatic hydroxyl groups is 1. The van der Waals surface area contributed by atoms with Crippen molar-refractivity contribution in [2.24, 2.45) is 5.41 Å². The van der Waals surface area contributed by atoms with E-state index in [1.54, 1.807) is 0 Å². The number of aryl methyl sites for hydroxylation is 1. The Morgan fingerprint density at radius 1 is 1.10 bits per heavy atom. The maximum Gasteiger partial charge on any atom is 0.253 e. The van der Waals surface area contributed by atoms with Gasteiger partial charge >= 0.3 is 0 Å². The molecule has 0 spiro atoms. The predicted octanol–water partition coefficient (Wildman–Crippen LogP) is 3.29. The van der Waals surface area contributed by atoms with Crippen LogP contribution in [0.4, 0.5) is 5.69 Å². The van der Waals surface area contributed by atoms with Gasteiger partial charge in [0.2, 0.25) is 0 Å². The van der Waals surface area contributed by atoms with Crippen LogP contribution in [0, 0.1) is 12.3 Å². The molecule has 0 unspecified atom stereocenters. The molecule has 30 heavy (non-hydrogen) atoms. The molecule has 1 N–H and O–H groups in total. The summed E-state index contributed by atoms with van der Waals surface area (Å²) in [6.45, 7) is 6.71. The molecule has 1 atom stereocenters. The molecule has 2 aromatic rings. The summed E-state index contributed by atoms with van der Waals surface area (Å²) in [5.74, 6) is 0.0624. The first-order valence-corrected chi connectivity index (χ1v) is 11.0. The molecular formula is C25H32N2O3. The summed E-state index contributed by atoms with van der Waals surface area (Å²) in [6.07, 6.45) is 2.66. The van der Waals surface area contributed by atoms with Crippen molar-refractivity contribution in [1.29, 1.82) is 0 Å². The molecule has 0 radical (unpaired) electrons. The SMILES string of the molecule is Cc1ccccc1C[C@@]1(CO)CCCN(C(=O)c2cccc(N3CCOCC3)c2)C1. The number of piperidine rings is 1. The normalized spacial score (nSPS) is 22.2. The minimum atomic E-state index is -0.276. The van der Waals surface area contributed by atoms with Gasteiger partial charge in [0.25, 0.3) is 5.91 Å². The van der Waals surface area contributed by atoms with Crippen molar-refractivity contribution in [3.63, 3.8) is 0 Å². The van der Waals surface area contributed by atoms with Crippen LogP contribution in [-0.4, -0.2) is 61.9 Å². The molecule has 1 amide bonds. The Morgan fingerprint density at radius 2 is 1.90 bits per heavy atom. The van der Waals surface area contributed by atoms with Crippen molar-refractivity contribution in [3.05, 3.63) is 65.2 Å². The van der Waals surface area contributed by atoms with E-state index in [1.807, 2.05) is 29.2 Å². The molecular weight excluding hydrogens is 376 g/mol. The second-order valence-corrected chi connectivity index (χ2v) is 8.74. The first kappa shape index (κ1) is 20.9. The number of hydrogen-bond acceptors (Lipinski definition) is 4. The molecule has 0 bridgehead atoms. The van der Waals surface area contributed by atoms with Gasteiger partial charge in [0.05, 0.1) is 19.8 Å². The van der Waals surface area contributed by atoms with Gasteiger partial charge in [0.15, 0.2) is 0 Å². The van der Waals surface area contributed by atoms with Crippen molar-refractivity contribution < 1.29 is 14.6 Å². The summed E-state index contributed by atoms with van der Waals surface area (Å²) < 4.78 is 5.45. The Kier molecular flexibility index (Phi) is 6.40. The van der Waals surface area contributed by atoms with Crippen molar-refractivity contribution in [1.82, 2.24) is 4.90 Å². The number of benzene rings is 2. The van der Waals surface area contributed by atoms with E-state index in [9.17, 15) is 9.90 Å². The monoisotopic (exact) mass is 408 g/mol. The lowest BCUT2D eigenvalue weighted by molar-refractivity contribution is 0.0271. The zero-order valence-corrected chi connectivity index (χ0v) is 17.8. The summed E-state index contributed by atoms with van der Waals surface area (Å²) in [5, 5.41) is 10.3. The van der Waals surface area contributed by atoms with Crippen LogP contribution in [0.5, 0.6) is 0 Å². The molecule has 160 valence electrons. The van der Waals surface area contributed by atoms with Crippen LogP contribution < -0.4 is 4.90 Å². The highest BCUT2D eigenvalue weighted by molar-refractivity contribution is 5.95. The largest absolute Gasteiger partial charge is 0.396 e. The number of anilines is 1. The number of ether oxygens (including phenoxy) is 1. The average molecular weight is 409 g/mol. The van der Waals surface area contributed by atoms with E-state index in [4.69, 9.17) is 4.74 Å². The lowest BCUT2D eigenvalue weighted by Crippen LogP contribution is -2.49. The Balaban J connectivity index is 1.51. The smallest absolute Gasteiger partial charge is 0.253 e. The van der Waals surface area contributed by atoms with Gasteiger partial charge in [-0.3, -0.25) is 4.79 Å². The fourth-order valence-electron chi connectivity index (χ4n) is 4.76. The molecule has 2 heterocycles. The summed E-state index contributed by atoms with van der Waals surface area (Å²) in [7, 11) is 0. The Morgan fingerprint density at radius 3 is 2.67 bits per heavy atom. The number of rotatable bonds is 5. The first-order chi connectivity index (χ1) is 14.6. The third-order valence-electron chi connectivity index (χ3n) is 6.58. The number of morpholine rings is 1. The van der Waals surface area contributed by atoms with Gasteiger partial charge in [-0.05, 0) is 55.5 Å². The maximum absolute atomic E-state index is 13.4. The maximum atomic E-state index is 13.4. The number of nitrogens with zero attached hydrogens (tertiary/aromatic N) is 2. The van der Waals surface area contributed by atoms with Crippen molar-refractivity contribution in [2.75, 3.05) is 50.9 Å². The van der Waals surface area contributed by atoms with Gasteiger partial charge < -0.3 is 19.6 Å². The average Bonchev–Trinajstić information content (AvgIpc) is 2.81. The van der Waals surface area contributed by atoms with E-state index in [2.05, 4.69) is 36.1 Å². The second-order valence-electron chi connectivity index (χ2n) is 8.74. The first-order valence-electron chi connectivity index (χ1n) is 11.0. The van der Waals surface area contributed by atoms with Gasteiger partial charge in [-0.1, -0.05) is 30.3 Å². The van der Waals surface area contributed by atoms with Crippen molar-refractivity contribution in [2.45, 2.75) is 26.2 Å². The zero-order chi connectivity index (χ0) is 21.0. The molecule has 2 aliphatic rings. The van der Waals surface area contributed by atoms with E-state index >= 15 is 0 Å². The quantitative estimate of drug-likeness (QED) is 0.825. The fourth-order valence-corrected chi connectivity index (χ4v) is 4.76. The number of hydrogen-bond donors (Lipinski definition) is 1. The molecule has 2 fully saturated rings. The highest BCUT2D eigenvalue weighted by Gasteiger charge is 2.37. The van der Waals surface area contributed by atoms with Crippen molar-refractivity contribution in [3.8, 4) is 0 Å². The van der Waals surface area contributed by atoms with E-state index in [1.165, 1.54) is 11.1 Å². The molecule has 4 rings (SSSR count). The summed E-state index contributed by atoms with van der Waals surface area (Å²) >= 11 is 0. The lowest BCUT2D eigenvalue weighted by Gasteiger charge is -2.42. The van der Waals surface area contributed by atoms with Gasteiger partial charge in [0.1, 0.15) is 0 Å². The fraction of sp³-hybridized carbons (Fsp3) is 0.480. The molecule has 0 aromatic heterocycles. The molecule has 2 aromatic carbocycles. The summed E-state index contributed by atoms with van der Waals surface area (Å²) in [6, 6.07) is 16.3. The number of likely N-dealkylation sites (tertiary alicyclic amines) is 1. The van der Waals surface area contributed by atoms with Crippen LogP contribution in [0.3, 0.4) is 0 Å². The molecule has 2 aliphatic heterocycles. The van der Waals surface area contributed by atoms with Gasteiger partial charge in [-0.25, -0.2) is 0 Å². The molecule has 0 saturated carbocycles. The molecule has 2 saturated heterocycles. The van der Waals surface area contributed by atoms with Gasteiger partial charge in [0, 0.05) is 42.8 Å². The Bertz CT molecular complexity index is 878. The van der Waals surface area contributed by atoms with E-state index in [0.29, 0.717) is 6.54 Å². The van der Waals surface area contributed by atoms with Crippen LogP contribution in [0.25, 0.3) is 0 Å². The van der Waals surface area contributed by atoms with Crippen LogP contribution in [0.1, 0.15) is 34.3 Å². The molecule has 5 nitrogen and oxygen atoms in total. The van der Waals surface area contributed by atoms with Crippen molar-refractivity contribution >= 4 is 11.6 Å². The third kappa shape index (κ3) is 4.52. The topological polar surface area (TPSA) is 53.0 Å². The highest BCUT2D eigenvalue weighted by atomic mass is 16.5. The van der Waals surface area contributed by atoms with E-state index < -0.39 is 0 Å². The van der Waals surface area contributed by atoms with Crippen LogP contribution >= 0.6 is 0 Å². The van der Waals surface area contributed by atoms with E-state index in [0.717, 1.165) is 63.4 Å². The number of aliphatic hydroxyl groups excluding tert-OH is 1. The molecule has 5 heteroatoms. The summed E-state index contributed by atoms with van der Waals surface area (Å²) in [5.41, 5.74) is 4.03. The van der Waals surface area contributed by atoms with Crippen LogP contribution in [-0.2, 0) is 11.2 Å². The summed E-state index contributed by atoms with van der Waals surface area (Å²) in [4.78, 5) is 17.6. The van der Waals surface area contributed by atoms with Gasteiger partial charge in [-0.15, -0.1) is 0 Å². The zero-order valence-electron chi connectivity index (χ0n) is 17.8. The number of carbonyl (C=O) groups excluding carboxylic acids is 1. The van der Waals surface area contributed by atoms with Crippen LogP contribution in [0.2, 0.25) is 0 Å². The number of amides is 1. The van der Waals surface area contributed by atoms with E-state index in [-0.39, 0.29) is 17.9 Å². The minimum Gasteiger partial charge on any atom is -0.396 e. The second kappa shape index (κ2) is 9.19. The standard InChI is InChI=1S/C25H32N2O3/c1-20-6-2-3-7-22(20)17-25(19-28)10-5-11-27(18-25)24(29)21-8-4-9-23(16-21)26-12-14-30-15-13-26/h2-4,6-9,16,28H,5,10-15,17-19H2,1H3/t25-/m0/s1. The van der Waals surface area contributed by atoms with Gasteiger partial charge in [-0.2, -0.15) is 0 Å². The highest BCUT2D eigenvalue weighted by Crippen LogP contribution is 2.35. The Hall–Kier alpha value is -2.37. The molecule has 0 aliphatic carbocycles. The lowest BCUT2D eigenvalue weighted by atomic mass is 9.75. The minimum absolute atomic E-state index is 0.0624. The van der Waals surface area contributed by atoms with Crippen LogP contribution in [0.15, 0.2) is 48.5 Å².